The molecule has 4 heteroatoms. The summed E-state index contributed by atoms with van der Waals surface area (Å²) in [6, 6.07) is 20.6. The first-order valence-corrected chi connectivity index (χ1v) is 16.8. The first kappa shape index (κ1) is 51.2. The van der Waals surface area contributed by atoms with E-state index in [1.165, 1.54) is 11.1 Å². The van der Waals surface area contributed by atoms with Gasteiger partial charge in [0.1, 0.15) is 0 Å². The van der Waals surface area contributed by atoms with E-state index in [9.17, 15) is 0 Å². The molecule has 4 aromatic rings. The molecule has 3 aromatic heterocycles. The van der Waals surface area contributed by atoms with Crippen LogP contribution in [0.25, 0.3) is 0 Å². The number of nitrogens with zero attached hydrogens (tertiary/aromatic N) is 4. The van der Waals surface area contributed by atoms with Crippen molar-refractivity contribution < 1.29 is 0 Å². The molecular formula is C41H72N4. The highest BCUT2D eigenvalue weighted by molar-refractivity contribution is 5.17. The fourth-order valence-electron chi connectivity index (χ4n) is 2.88. The normalized spacial score (nSPS) is 8.62. The van der Waals surface area contributed by atoms with Crippen LogP contribution >= 0.6 is 0 Å². The molecule has 0 saturated heterocycles. The monoisotopic (exact) mass is 621 g/mol. The maximum atomic E-state index is 4.18. The zero-order chi connectivity index (χ0) is 34.8. The summed E-state index contributed by atoms with van der Waals surface area (Å²) in [5.74, 6) is 2.29. The van der Waals surface area contributed by atoms with Crippen LogP contribution in [0.15, 0.2) is 97.8 Å². The van der Waals surface area contributed by atoms with Crippen molar-refractivity contribution in [1.29, 1.82) is 0 Å². The van der Waals surface area contributed by atoms with Gasteiger partial charge in [0, 0.05) is 42.9 Å². The van der Waals surface area contributed by atoms with E-state index < -0.39 is 0 Å². The van der Waals surface area contributed by atoms with Crippen LogP contribution in [0.3, 0.4) is 0 Å². The van der Waals surface area contributed by atoms with Gasteiger partial charge in [0.25, 0.3) is 0 Å². The van der Waals surface area contributed by atoms with Crippen LogP contribution in [0.1, 0.15) is 164 Å². The first-order chi connectivity index (χ1) is 21.2. The Morgan fingerprint density at radius 3 is 1.09 bits per heavy atom. The molecule has 0 aliphatic rings. The molecule has 0 amide bonds. The molecule has 0 unspecified atom stereocenters. The molecule has 3 heterocycles. The van der Waals surface area contributed by atoms with Crippen molar-refractivity contribution in [2.45, 2.75) is 142 Å². The van der Waals surface area contributed by atoms with Crippen LogP contribution in [0.2, 0.25) is 0 Å². The Kier molecular flexibility index (Phi) is 43.9. The van der Waals surface area contributed by atoms with Crippen LogP contribution in [-0.4, -0.2) is 19.9 Å². The topological polar surface area (TPSA) is 51.6 Å². The lowest BCUT2D eigenvalue weighted by atomic mass is 10.0. The third-order valence-electron chi connectivity index (χ3n) is 5.27. The van der Waals surface area contributed by atoms with E-state index in [2.05, 4.69) is 106 Å². The minimum atomic E-state index is 0. The molecule has 0 spiro atoms. The van der Waals surface area contributed by atoms with Gasteiger partial charge < -0.3 is 0 Å². The van der Waals surface area contributed by atoms with Crippen molar-refractivity contribution in [2.24, 2.45) is 0 Å². The van der Waals surface area contributed by atoms with Crippen LogP contribution in [0.5, 0.6) is 0 Å². The van der Waals surface area contributed by atoms with E-state index in [-0.39, 0.29) is 7.43 Å². The number of benzene rings is 1. The number of hydrogen-bond donors (Lipinski definition) is 0. The van der Waals surface area contributed by atoms with Crippen molar-refractivity contribution in [3.05, 3.63) is 120 Å². The molecule has 45 heavy (non-hydrogen) atoms. The second kappa shape index (κ2) is 38.6. The number of rotatable bonds is 4. The Bertz CT molecular complexity index is 844. The fourth-order valence-corrected chi connectivity index (χ4v) is 2.88. The lowest BCUT2D eigenvalue weighted by Crippen LogP contribution is -1.91. The highest BCUT2D eigenvalue weighted by atomic mass is 14.8. The van der Waals surface area contributed by atoms with Crippen LogP contribution in [0, 0.1) is 0 Å². The average molecular weight is 621 g/mol. The fraction of sp³-hybridized carbons (Fsp3) is 0.512. The first-order valence-electron chi connectivity index (χ1n) is 16.8. The average Bonchev–Trinajstić information content (AvgIpc) is 3.11. The van der Waals surface area contributed by atoms with E-state index in [4.69, 9.17) is 0 Å². The Balaban J connectivity index is -0.000000146. The molecule has 256 valence electrons. The van der Waals surface area contributed by atoms with Gasteiger partial charge >= 0.3 is 0 Å². The summed E-state index contributed by atoms with van der Waals surface area (Å²) in [7, 11) is 0. The molecule has 0 aliphatic carbocycles. The Morgan fingerprint density at radius 1 is 0.378 bits per heavy atom. The molecule has 0 bridgehead atoms. The second-order valence-corrected chi connectivity index (χ2v) is 9.70. The molecule has 0 radical (unpaired) electrons. The third-order valence-corrected chi connectivity index (χ3v) is 5.27. The Hall–Kier alpha value is -3.40. The van der Waals surface area contributed by atoms with Crippen molar-refractivity contribution in [3.63, 3.8) is 0 Å². The quantitative estimate of drug-likeness (QED) is 0.228. The highest BCUT2D eigenvalue weighted by Gasteiger charge is 1.97. The van der Waals surface area contributed by atoms with Crippen LogP contribution in [0.4, 0.5) is 0 Å². The summed E-state index contributed by atoms with van der Waals surface area (Å²) in [4.78, 5) is 16.2. The van der Waals surface area contributed by atoms with E-state index in [1.807, 2.05) is 98.1 Å². The molecule has 4 rings (SSSR count). The molecule has 0 atom stereocenters. The maximum Gasteiger partial charge on any atom is 0.0612 e. The molecule has 0 N–H and O–H groups in total. The minimum Gasteiger partial charge on any atom is -0.264 e. The Morgan fingerprint density at radius 2 is 0.822 bits per heavy atom. The lowest BCUT2D eigenvalue weighted by molar-refractivity contribution is 0.812. The van der Waals surface area contributed by atoms with Gasteiger partial charge in [0.15, 0.2) is 0 Å². The van der Waals surface area contributed by atoms with E-state index in [0.29, 0.717) is 23.7 Å². The van der Waals surface area contributed by atoms with Gasteiger partial charge in [-0.2, -0.15) is 0 Å². The van der Waals surface area contributed by atoms with Crippen molar-refractivity contribution in [3.8, 4) is 0 Å². The van der Waals surface area contributed by atoms with Gasteiger partial charge in [-0.1, -0.05) is 161 Å². The summed E-state index contributed by atoms with van der Waals surface area (Å²) >= 11 is 0. The molecule has 0 aliphatic heterocycles. The van der Waals surface area contributed by atoms with Crippen molar-refractivity contribution in [1.82, 2.24) is 19.9 Å². The molecule has 1 aromatic carbocycles. The van der Waals surface area contributed by atoms with Gasteiger partial charge in [-0.15, -0.1) is 0 Å². The standard InChI is InChI=1S/C9H12.2C8H11N.C7H10N2.4C2H6.CH4/c1-8(2)9-6-4-3-5-7-9;1-7(2)8-4-3-5-9-6-8;1-7(2)8-5-3-4-6-9-8;1-6(2)7-5-8-3-4-9-7;4*1-2;/h3-8H,1-2H3;2*3-7H,1-2H3;3-6H,1-2H3;4*1-2H3;1H4. The van der Waals surface area contributed by atoms with Crippen molar-refractivity contribution >= 4 is 0 Å². The SMILES string of the molecule is C.CC.CC.CC.CC.CC(C)c1ccccc1.CC(C)c1ccccn1.CC(C)c1cccnc1.CC(C)c1cnccn1. The minimum absolute atomic E-state index is 0. The van der Waals surface area contributed by atoms with Gasteiger partial charge in [-0.3, -0.25) is 19.9 Å². The van der Waals surface area contributed by atoms with Crippen LogP contribution in [-0.2, 0) is 0 Å². The number of aromatic nitrogens is 4. The van der Waals surface area contributed by atoms with Gasteiger partial charge in [-0.05, 0) is 53.0 Å². The lowest BCUT2D eigenvalue weighted by Gasteiger charge is -2.01. The summed E-state index contributed by atoms with van der Waals surface area (Å²) in [5.41, 5.74) is 4.94. The zero-order valence-electron chi connectivity index (χ0n) is 31.3. The van der Waals surface area contributed by atoms with Crippen LogP contribution < -0.4 is 0 Å². The largest absolute Gasteiger partial charge is 0.264 e. The third kappa shape index (κ3) is 30.4. The summed E-state index contributed by atoms with van der Waals surface area (Å²) in [6.07, 6.45) is 10.7. The summed E-state index contributed by atoms with van der Waals surface area (Å²) < 4.78 is 0. The maximum absolute atomic E-state index is 4.18. The van der Waals surface area contributed by atoms with Gasteiger partial charge in [-0.25, -0.2) is 0 Å². The van der Waals surface area contributed by atoms with Crippen molar-refractivity contribution in [2.75, 3.05) is 0 Å². The summed E-state index contributed by atoms with van der Waals surface area (Å²) in [5, 5.41) is 0. The Labute approximate surface area is 281 Å². The zero-order valence-corrected chi connectivity index (χ0v) is 31.3. The number of pyridine rings is 2. The predicted molar refractivity (Wildman–Crippen MR) is 205 cm³/mol. The predicted octanol–water partition coefficient (Wildman–Crippen LogP) is 13.6. The molecule has 4 nitrogen and oxygen atoms in total. The second-order valence-electron chi connectivity index (χ2n) is 9.70. The molecule has 0 saturated carbocycles. The van der Waals surface area contributed by atoms with E-state index >= 15 is 0 Å². The highest BCUT2D eigenvalue weighted by Crippen LogP contribution is 2.12. The van der Waals surface area contributed by atoms with Gasteiger partial charge in [0.2, 0.25) is 0 Å². The van der Waals surface area contributed by atoms with E-state index in [1.54, 1.807) is 24.8 Å². The van der Waals surface area contributed by atoms with Gasteiger partial charge in [0.05, 0.1) is 5.69 Å². The molecule has 0 fully saturated rings. The number of hydrogen-bond acceptors (Lipinski definition) is 4. The summed E-state index contributed by atoms with van der Waals surface area (Å²) in [6.45, 7) is 33.2. The smallest absolute Gasteiger partial charge is 0.0612 e. The van der Waals surface area contributed by atoms with E-state index in [0.717, 1.165) is 11.4 Å². The molecular weight excluding hydrogens is 548 g/mol.